The minimum atomic E-state index is -0.780. The topological polar surface area (TPSA) is 106 Å². The van der Waals surface area contributed by atoms with Crippen LogP contribution in [0.1, 0.15) is 51.3 Å². The Hall–Kier alpha value is -3.26. The number of nitrogens with one attached hydrogen (secondary N) is 1. The van der Waals surface area contributed by atoms with Crippen LogP contribution >= 0.6 is 11.6 Å². The van der Waals surface area contributed by atoms with Crippen molar-refractivity contribution in [1.29, 1.82) is 0 Å². The molecule has 1 N–H and O–H groups in total. The van der Waals surface area contributed by atoms with E-state index in [1.165, 1.54) is 35.4 Å². The van der Waals surface area contributed by atoms with Gasteiger partial charge in [-0.3, -0.25) is 19.3 Å². The molecule has 1 aliphatic rings. The normalized spacial score (nSPS) is 12.9. The number of carbonyl (C=O) groups excluding carboxylic acids is 4. The van der Waals surface area contributed by atoms with Gasteiger partial charge in [-0.1, -0.05) is 25.4 Å². The molecular weight excluding hydrogens is 410 g/mol. The molecule has 1 aromatic carbocycles. The Kier molecular flexibility index (Phi) is 6.47. The van der Waals surface area contributed by atoms with E-state index in [0.717, 1.165) is 0 Å². The lowest BCUT2D eigenvalue weighted by Crippen LogP contribution is -2.31. The van der Waals surface area contributed by atoms with E-state index in [1.807, 2.05) is 13.8 Å². The van der Waals surface area contributed by atoms with Crippen LogP contribution in [0.4, 0.5) is 5.82 Å². The molecule has 9 heteroatoms. The lowest BCUT2D eigenvalue weighted by atomic mass is 10.1. The van der Waals surface area contributed by atoms with Gasteiger partial charge in [0.05, 0.1) is 21.7 Å². The van der Waals surface area contributed by atoms with E-state index < -0.39 is 24.4 Å². The highest BCUT2D eigenvalue weighted by molar-refractivity contribution is 6.30. The van der Waals surface area contributed by atoms with Crippen molar-refractivity contribution in [2.45, 2.75) is 20.3 Å². The highest BCUT2D eigenvalue weighted by Gasteiger charge is 2.35. The number of aromatic nitrogens is 1. The molecular formula is C21H20ClN3O5. The van der Waals surface area contributed by atoms with E-state index in [4.69, 9.17) is 16.3 Å². The van der Waals surface area contributed by atoms with Crippen LogP contribution in [0.3, 0.4) is 0 Å². The number of hydrogen-bond acceptors (Lipinski definition) is 6. The number of amides is 3. The fourth-order valence-corrected chi connectivity index (χ4v) is 2.96. The first kappa shape index (κ1) is 21.4. The fourth-order valence-electron chi connectivity index (χ4n) is 2.85. The first-order valence-electron chi connectivity index (χ1n) is 9.35. The minimum absolute atomic E-state index is 0.0815. The van der Waals surface area contributed by atoms with Crippen molar-refractivity contribution in [1.82, 2.24) is 9.88 Å². The highest BCUT2D eigenvalue weighted by Crippen LogP contribution is 2.25. The summed E-state index contributed by atoms with van der Waals surface area (Å²) in [5, 5.41) is 2.89. The van der Waals surface area contributed by atoms with E-state index in [0.29, 0.717) is 23.9 Å². The van der Waals surface area contributed by atoms with Crippen molar-refractivity contribution < 1.29 is 23.9 Å². The van der Waals surface area contributed by atoms with Gasteiger partial charge in [-0.25, -0.2) is 9.78 Å². The van der Waals surface area contributed by atoms with Crippen LogP contribution in [0.5, 0.6) is 0 Å². The summed E-state index contributed by atoms with van der Waals surface area (Å²) in [5.74, 6) is -1.55. The van der Waals surface area contributed by atoms with Crippen molar-refractivity contribution in [2.75, 3.05) is 18.5 Å². The monoisotopic (exact) mass is 429 g/mol. The molecule has 1 aliphatic heterocycles. The van der Waals surface area contributed by atoms with E-state index in [2.05, 4.69) is 10.3 Å². The number of anilines is 1. The molecule has 156 valence electrons. The lowest BCUT2D eigenvalue weighted by Gasteiger charge is -2.14. The summed E-state index contributed by atoms with van der Waals surface area (Å²) >= 11 is 5.73. The zero-order valence-corrected chi connectivity index (χ0v) is 17.2. The summed E-state index contributed by atoms with van der Waals surface area (Å²) in [5.41, 5.74) is 0.498. The molecule has 0 atom stereocenters. The molecule has 3 rings (SSSR count). The molecule has 0 radical (unpaired) electrons. The molecule has 0 saturated heterocycles. The minimum Gasteiger partial charge on any atom is -0.452 e. The zero-order chi connectivity index (χ0) is 21.8. The van der Waals surface area contributed by atoms with Crippen LogP contribution in [-0.2, 0) is 9.53 Å². The van der Waals surface area contributed by atoms with Gasteiger partial charge in [0.25, 0.3) is 17.7 Å². The summed E-state index contributed by atoms with van der Waals surface area (Å²) in [7, 11) is 0. The molecule has 0 bridgehead atoms. The van der Waals surface area contributed by atoms with Gasteiger partial charge in [0.15, 0.2) is 6.61 Å². The van der Waals surface area contributed by atoms with Gasteiger partial charge in [-0.05, 0) is 42.7 Å². The predicted octanol–water partition coefficient (Wildman–Crippen LogP) is 3.17. The number of pyridine rings is 1. The van der Waals surface area contributed by atoms with Crippen molar-refractivity contribution >= 4 is 41.1 Å². The summed E-state index contributed by atoms with van der Waals surface area (Å²) < 4.78 is 5.00. The van der Waals surface area contributed by atoms with Crippen LogP contribution in [0.15, 0.2) is 36.5 Å². The first-order valence-corrected chi connectivity index (χ1v) is 9.73. The van der Waals surface area contributed by atoms with Gasteiger partial charge in [-0.15, -0.1) is 0 Å². The summed E-state index contributed by atoms with van der Waals surface area (Å²) in [6, 6.07) is 7.22. The number of fused-ring (bicyclic) bond motifs is 1. The molecule has 2 heterocycles. The SMILES string of the molecule is CC(C)CCN1C(=O)c2ccc(C(=O)OCC(=O)Nc3ccc(Cl)cn3)cc2C1=O. The Morgan fingerprint density at radius 1 is 1.13 bits per heavy atom. The lowest BCUT2D eigenvalue weighted by molar-refractivity contribution is -0.119. The number of esters is 1. The largest absolute Gasteiger partial charge is 0.452 e. The van der Waals surface area contributed by atoms with Crippen LogP contribution in [0, 0.1) is 5.92 Å². The summed E-state index contributed by atoms with van der Waals surface area (Å²) in [6.45, 7) is 3.80. The number of benzene rings is 1. The van der Waals surface area contributed by atoms with Gasteiger partial charge < -0.3 is 10.1 Å². The first-order chi connectivity index (χ1) is 14.3. The number of halogens is 1. The van der Waals surface area contributed by atoms with Crippen molar-refractivity contribution in [2.24, 2.45) is 5.92 Å². The number of carbonyl (C=O) groups is 4. The Morgan fingerprint density at radius 3 is 2.53 bits per heavy atom. The van der Waals surface area contributed by atoms with E-state index in [-0.39, 0.29) is 28.4 Å². The molecule has 0 unspecified atom stereocenters. The van der Waals surface area contributed by atoms with Gasteiger partial charge in [0.2, 0.25) is 0 Å². The smallest absolute Gasteiger partial charge is 0.338 e. The van der Waals surface area contributed by atoms with Crippen LogP contribution in [-0.4, -0.2) is 46.7 Å². The maximum absolute atomic E-state index is 12.6. The second kappa shape index (κ2) is 9.04. The molecule has 2 aromatic rings. The molecule has 0 saturated carbocycles. The van der Waals surface area contributed by atoms with Crippen LogP contribution in [0.2, 0.25) is 5.02 Å². The average Bonchev–Trinajstić information content (AvgIpc) is 2.96. The van der Waals surface area contributed by atoms with Gasteiger partial charge in [0, 0.05) is 12.7 Å². The third kappa shape index (κ3) is 4.83. The van der Waals surface area contributed by atoms with Gasteiger partial charge >= 0.3 is 5.97 Å². The van der Waals surface area contributed by atoms with Crippen LogP contribution < -0.4 is 5.32 Å². The van der Waals surface area contributed by atoms with Gasteiger partial charge in [-0.2, -0.15) is 0 Å². The second-order valence-corrected chi connectivity index (χ2v) is 7.63. The summed E-state index contributed by atoms with van der Waals surface area (Å²) in [4.78, 5) is 54.3. The maximum Gasteiger partial charge on any atom is 0.338 e. The van der Waals surface area contributed by atoms with Gasteiger partial charge in [0.1, 0.15) is 5.82 Å². The Balaban J connectivity index is 1.61. The number of rotatable bonds is 7. The number of imide groups is 1. The third-order valence-corrected chi connectivity index (χ3v) is 4.69. The maximum atomic E-state index is 12.6. The van der Waals surface area contributed by atoms with Crippen LogP contribution in [0.25, 0.3) is 0 Å². The molecule has 30 heavy (non-hydrogen) atoms. The Bertz CT molecular complexity index is 1000. The Labute approximate surface area is 178 Å². The standard InChI is InChI=1S/C21H20ClN3O5/c1-12(2)7-8-25-19(27)15-5-3-13(9-16(15)20(25)28)21(29)30-11-18(26)24-17-6-4-14(22)10-23-17/h3-6,9-10,12H,7-8,11H2,1-2H3,(H,23,24,26). The van der Waals surface area contributed by atoms with E-state index >= 15 is 0 Å². The Morgan fingerprint density at radius 2 is 1.87 bits per heavy atom. The quantitative estimate of drug-likeness (QED) is 0.535. The molecule has 3 amide bonds. The van der Waals surface area contributed by atoms with Crippen molar-refractivity contribution in [3.8, 4) is 0 Å². The number of hydrogen-bond donors (Lipinski definition) is 1. The number of nitrogens with zero attached hydrogens (tertiary/aromatic N) is 2. The second-order valence-electron chi connectivity index (χ2n) is 7.19. The van der Waals surface area contributed by atoms with Crippen molar-refractivity contribution in [3.63, 3.8) is 0 Å². The third-order valence-electron chi connectivity index (χ3n) is 4.47. The summed E-state index contributed by atoms with van der Waals surface area (Å²) in [6.07, 6.45) is 2.06. The number of ether oxygens (including phenoxy) is 1. The molecule has 0 aliphatic carbocycles. The fraction of sp³-hybridized carbons (Fsp3) is 0.286. The zero-order valence-electron chi connectivity index (χ0n) is 16.5. The highest BCUT2D eigenvalue weighted by atomic mass is 35.5. The molecule has 1 aromatic heterocycles. The molecule has 0 spiro atoms. The predicted molar refractivity (Wildman–Crippen MR) is 109 cm³/mol. The van der Waals surface area contributed by atoms with Crippen molar-refractivity contribution in [3.05, 3.63) is 58.2 Å². The molecule has 0 fully saturated rings. The molecule has 8 nitrogen and oxygen atoms in total. The van der Waals surface area contributed by atoms with E-state index in [1.54, 1.807) is 6.07 Å². The average molecular weight is 430 g/mol. The van der Waals surface area contributed by atoms with E-state index in [9.17, 15) is 19.2 Å².